The van der Waals surface area contributed by atoms with E-state index in [2.05, 4.69) is 14.9 Å². The first-order chi connectivity index (χ1) is 17.5. The zero-order chi connectivity index (χ0) is 26.4. The minimum Gasteiger partial charge on any atom is -0.377 e. The van der Waals surface area contributed by atoms with Crippen LogP contribution in [0.5, 0.6) is 0 Å². The zero-order valence-corrected chi connectivity index (χ0v) is 22.4. The molecule has 0 saturated carbocycles. The van der Waals surface area contributed by atoms with Gasteiger partial charge >= 0.3 is 0 Å². The van der Waals surface area contributed by atoms with Crippen LogP contribution in [-0.2, 0) is 30.2 Å². The van der Waals surface area contributed by atoms with Crippen LogP contribution < -0.4 is 4.90 Å². The van der Waals surface area contributed by atoms with Crippen molar-refractivity contribution >= 4 is 36.6 Å². The molecule has 12 heteroatoms. The average molecular weight is 541 g/mol. The maximum Gasteiger partial charge on any atom is 0.269 e. The van der Waals surface area contributed by atoms with Crippen LogP contribution in [0.15, 0.2) is 59.8 Å². The Balaban J connectivity index is 1.65. The molecule has 0 radical (unpaired) electrons. The molecule has 1 saturated heterocycles. The van der Waals surface area contributed by atoms with Gasteiger partial charge in [0.1, 0.15) is 5.82 Å². The van der Waals surface area contributed by atoms with Crippen molar-refractivity contribution in [2.75, 3.05) is 30.9 Å². The first-order valence-corrected chi connectivity index (χ1v) is 15.3. The number of pyridine rings is 1. The lowest BCUT2D eigenvalue weighted by atomic mass is 10.1. The number of anilines is 1. The lowest BCUT2D eigenvalue weighted by Gasteiger charge is -2.34. The number of benzene rings is 1. The van der Waals surface area contributed by atoms with E-state index in [0.29, 0.717) is 48.0 Å². The van der Waals surface area contributed by atoms with Crippen LogP contribution in [-0.4, -0.2) is 63.6 Å². The van der Waals surface area contributed by atoms with Gasteiger partial charge < -0.3 is 9.64 Å². The first-order valence-electron chi connectivity index (χ1n) is 11.8. The summed E-state index contributed by atoms with van der Waals surface area (Å²) in [7, 11) is -6.73. The van der Waals surface area contributed by atoms with Crippen molar-refractivity contribution in [3.8, 4) is 11.4 Å². The van der Waals surface area contributed by atoms with E-state index in [1.807, 2.05) is 13.8 Å². The molecule has 3 aromatic heterocycles. The van der Waals surface area contributed by atoms with Crippen molar-refractivity contribution < 1.29 is 17.4 Å². The third kappa shape index (κ3) is 5.09. The van der Waals surface area contributed by atoms with E-state index in [9.17, 15) is 12.6 Å². The second-order valence-corrected chi connectivity index (χ2v) is 13.4. The number of fused-ring (bicyclic) bond motifs is 1. The van der Waals surface area contributed by atoms with Crippen LogP contribution in [0.1, 0.15) is 18.2 Å². The molecule has 0 bridgehead atoms. The fourth-order valence-electron chi connectivity index (χ4n) is 4.40. The van der Waals surface area contributed by atoms with Gasteiger partial charge in [-0.1, -0.05) is 17.7 Å². The maximum atomic E-state index is 13.4. The van der Waals surface area contributed by atoms with Crippen LogP contribution >= 0.6 is 0 Å². The minimum atomic E-state index is -3.87. The molecule has 2 atom stereocenters. The number of ether oxygens (including phenoxy) is 1. The molecule has 0 spiro atoms. The number of morpholine rings is 1. The standard InChI is InChI=1S/C25H28N6O4S2/c1-17-4-6-20(7-5-17)37(33,34)31-11-9-22-21(8-10-27-25(22)31)24-28-19(16-36(3,26)32)14-23(29-24)30-12-13-35-15-18(30)2/h4-11,14,18,26H,12-13,15-16H2,1-3H3/t18-,36?/m1/s1. The third-order valence-electron chi connectivity index (χ3n) is 6.22. The van der Waals surface area contributed by atoms with Crippen LogP contribution in [0, 0.1) is 11.7 Å². The quantitative estimate of drug-likeness (QED) is 0.394. The van der Waals surface area contributed by atoms with Gasteiger partial charge in [0.25, 0.3) is 10.0 Å². The van der Waals surface area contributed by atoms with E-state index in [-0.39, 0.29) is 22.3 Å². The number of nitrogens with zero attached hydrogens (tertiary/aromatic N) is 5. The summed E-state index contributed by atoms with van der Waals surface area (Å²) in [5.74, 6) is 0.981. The maximum absolute atomic E-state index is 13.4. The Labute approximate surface area is 216 Å². The Morgan fingerprint density at radius 3 is 2.57 bits per heavy atom. The highest BCUT2D eigenvalue weighted by molar-refractivity contribution is 7.91. The van der Waals surface area contributed by atoms with Crippen molar-refractivity contribution in [1.29, 1.82) is 4.78 Å². The van der Waals surface area contributed by atoms with E-state index in [1.54, 1.807) is 42.5 Å². The number of hydrogen-bond donors (Lipinski definition) is 1. The van der Waals surface area contributed by atoms with Crippen LogP contribution in [0.4, 0.5) is 5.82 Å². The Hall–Kier alpha value is -3.35. The molecule has 0 aliphatic carbocycles. The van der Waals surface area contributed by atoms with Gasteiger partial charge in [0, 0.05) is 51.9 Å². The summed E-state index contributed by atoms with van der Waals surface area (Å²) in [6.45, 7) is 5.68. The zero-order valence-electron chi connectivity index (χ0n) is 20.8. The fourth-order valence-corrected chi connectivity index (χ4v) is 6.42. The molecule has 1 fully saturated rings. The Bertz CT molecular complexity index is 1680. The van der Waals surface area contributed by atoms with Crippen molar-refractivity contribution in [1.82, 2.24) is 18.9 Å². The lowest BCUT2D eigenvalue weighted by molar-refractivity contribution is 0.0985. The largest absolute Gasteiger partial charge is 0.377 e. The van der Waals surface area contributed by atoms with E-state index in [0.717, 1.165) is 9.54 Å². The molecule has 4 aromatic rings. The molecule has 194 valence electrons. The second kappa shape index (κ2) is 9.51. The van der Waals surface area contributed by atoms with Crippen molar-refractivity contribution in [3.05, 3.63) is 66.1 Å². The molecule has 37 heavy (non-hydrogen) atoms. The summed E-state index contributed by atoms with van der Waals surface area (Å²) in [5.41, 5.74) is 2.30. The average Bonchev–Trinajstić information content (AvgIpc) is 3.28. The highest BCUT2D eigenvalue weighted by Gasteiger charge is 2.24. The smallest absolute Gasteiger partial charge is 0.269 e. The van der Waals surface area contributed by atoms with E-state index in [4.69, 9.17) is 14.5 Å². The highest BCUT2D eigenvalue weighted by Crippen LogP contribution is 2.30. The number of hydrogen-bond acceptors (Lipinski definition) is 9. The molecule has 1 N–H and O–H groups in total. The summed E-state index contributed by atoms with van der Waals surface area (Å²) in [6.07, 6.45) is 4.39. The molecule has 0 amide bonds. The number of aromatic nitrogens is 4. The Kier molecular flexibility index (Phi) is 6.50. The first kappa shape index (κ1) is 25.3. The van der Waals surface area contributed by atoms with Gasteiger partial charge in [-0.3, -0.25) is 4.78 Å². The molecule has 1 aliphatic heterocycles. The normalized spacial score (nSPS) is 18.1. The van der Waals surface area contributed by atoms with Gasteiger partial charge in [-0.25, -0.2) is 31.6 Å². The monoisotopic (exact) mass is 540 g/mol. The molecule has 1 unspecified atom stereocenters. The molecular formula is C25H28N6O4S2. The van der Waals surface area contributed by atoms with Gasteiger partial charge in [-0.05, 0) is 38.1 Å². The summed E-state index contributed by atoms with van der Waals surface area (Å²) >= 11 is 0. The molecule has 1 aliphatic rings. The van der Waals surface area contributed by atoms with Crippen molar-refractivity contribution in [2.45, 2.75) is 30.5 Å². The molecule has 4 heterocycles. The second-order valence-electron chi connectivity index (χ2n) is 9.33. The van der Waals surface area contributed by atoms with Gasteiger partial charge in [0.05, 0.1) is 35.6 Å². The SMILES string of the molecule is Cc1ccc(S(=O)(=O)n2ccc3c(-c4nc(CS(C)(=N)=O)cc(N5CCOC[C@H]5C)n4)ccnc32)cc1. The van der Waals surface area contributed by atoms with Crippen LogP contribution in [0.2, 0.25) is 0 Å². The summed E-state index contributed by atoms with van der Waals surface area (Å²) in [5, 5.41) is 0.569. The topological polar surface area (TPSA) is 131 Å². The van der Waals surface area contributed by atoms with E-state index in [1.165, 1.54) is 18.6 Å². The predicted molar refractivity (Wildman–Crippen MR) is 143 cm³/mol. The summed E-state index contributed by atoms with van der Waals surface area (Å²) in [4.78, 5) is 16.1. The molecule has 5 rings (SSSR count). The van der Waals surface area contributed by atoms with Crippen LogP contribution in [0.3, 0.4) is 0 Å². The number of aryl methyl sites for hydroxylation is 1. The van der Waals surface area contributed by atoms with Crippen molar-refractivity contribution in [2.24, 2.45) is 0 Å². The minimum absolute atomic E-state index is 0.0225. The summed E-state index contributed by atoms with van der Waals surface area (Å²) < 4.78 is 53.8. The van der Waals surface area contributed by atoms with Crippen molar-refractivity contribution in [3.63, 3.8) is 0 Å². The molecular weight excluding hydrogens is 512 g/mol. The van der Waals surface area contributed by atoms with E-state index < -0.39 is 19.8 Å². The molecule has 10 nitrogen and oxygen atoms in total. The van der Waals surface area contributed by atoms with E-state index >= 15 is 0 Å². The number of rotatable bonds is 6. The summed E-state index contributed by atoms with van der Waals surface area (Å²) in [6, 6.07) is 11.9. The third-order valence-corrected chi connectivity index (χ3v) is 8.75. The predicted octanol–water partition coefficient (Wildman–Crippen LogP) is 3.44. The van der Waals surface area contributed by atoms with Gasteiger partial charge in [-0.15, -0.1) is 0 Å². The van der Waals surface area contributed by atoms with Gasteiger partial charge in [-0.2, -0.15) is 0 Å². The fraction of sp³-hybridized carbons (Fsp3) is 0.320. The van der Waals surface area contributed by atoms with Gasteiger partial charge in [0.2, 0.25) is 0 Å². The Morgan fingerprint density at radius 1 is 1.11 bits per heavy atom. The Morgan fingerprint density at radius 2 is 1.86 bits per heavy atom. The lowest BCUT2D eigenvalue weighted by Crippen LogP contribution is -2.44. The molecule has 1 aromatic carbocycles. The van der Waals surface area contributed by atoms with Crippen LogP contribution in [0.25, 0.3) is 22.4 Å². The van der Waals surface area contributed by atoms with Gasteiger partial charge in [0.15, 0.2) is 11.5 Å². The number of nitrogens with one attached hydrogen (secondary N) is 1. The highest BCUT2D eigenvalue weighted by atomic mass is 32.2.